The fourth-order valence-corrected chi connectivity index (χ4v) is 3.81. The third kappa shape index (κ3) is 3.39. The summed E-state index contributed by atoms with van der Waals surface area (Å²) in [5.74, 6) is 0.220. The highest BCUT2D eigenvalue weighted by atomic mass is 16.5. The van der Waals surface area contributed by atoms with Gasteiger partial charge in [-0.2, -0.15) is 0 Å². The third-order valence-electron chi connectivity index (χ3n) is 5.39. The molecule has 4 atom stereocenters. The van der Waals surface area contributed by atoms with Gasteiger partial charge < -0.3 is 34.3 Å². The smallest absolute Gasteiger partial charge is 0.197 e. The van der Waals surface area contributed by atoms with E-state index in [4.69, 9.17) is 13.9 Å². The maximum Gasteiger partial charge on any atom is 0.197 e. The van der Waals surface area contributed by atoms with E-state index in [0.717, 1.165) is 0 Å². The predicted molar refractivity (Wildman–Crippen MR) is 108 cm³/mol. The van der Waals surface area contributed by atoms with E-state index in [1.54, 1.807) is 19.1 Å². The van der Waals surface area contributed by atoms with Crippen LogP contribution in [0.15, 0.2) is 45.6 Å². The largest absolute Gasteiger partial charge is 0.508 e. The fraction of sp³-hybridized carbons (Fsp3) is 0.318. The van der Waals surface area contributed by atoms with Crippen molar-refractivity contribution in [2.24, 2.45) is 0 Å². The number of hydrogen-bond donors (Lipinski definition) is 4. The number of rotatable bonds is 3. The van der Waals surface area contributed by atoms with Gasteiger partial charge in [0, 0.05) is 24.1 Å². The molecule has 1 fully saturated rings. The first-order valence-electron chi connectivity index (χ1n) is 9.49. The highest BCUT2D eigenvalue weighted by Crippen LogP contribution is 2.43. The second kappa shape index (κ2) is 7.64. The zero-order valence-corrected chi connectivity index (χ0v) is 16.4. The Morgan fingerprint density at radius 3 is 2.43 bits per heavy atom. The Hall–Kier alpha value is -3.07. The molecule has 4 rings (SSSR count). The Labute approximate surface area is 171 Å². The first kappa shape index (κ1) is 20.2. The number of phenols is 2. The summed E-state index contributed by atoms with van der Waals surface area (Å²) in [5.41, 5.74) is 0.516. The van der Waals surface area contributed by atoms with Gasteiger partial charge in [0.2, 0.25) is 0 Å². The van der Waals surface area contributed by atoms with Gasteiger partial charge in [0.15, 0.2) is 11.0 Å². The van der Waals surface area contributed by atoms with E-state index in [1.165, 1.54) is 31.4 Å². The second-order valence-electron chi connectivity index (χ2n) is 7.36. The topological polar surface area (TPSA) is 130 Å². The number of phenolic OH excluding ortho intramolecular Hbond substituents is 2. The van der Waals surface area contributed by atoms with Gasteiger partial charge in [0.05, 0.1) is 31.0 Å². The Kier molecular flexibility index (Phi) is 5.15. The van der Waals surface area contributed by atoms with Crippen LogP contribution in [-0.2, 0) is 4.74 Å². The second-order valence-corrected chi connectivity index (χ2v) is 7.36. The van der Waals surface area contributed by atoms with Crippen LogP contribution in [-0.4, -0.2) is 45.8 Å². The van der Waals surface area contributed by atoms with Crippen molar-refractivity contribution in [1.29, 1.82) is 0 Å². The SMILES string of the molecule is COc1cc(O)c2c(=O)cc(-c3ccc(O)cc3)oc2c1[C@H]1C[C@@H](O)[C@@H](O)[C@@H](C)O1. The van der Waals surface area contributed by atoms with Crippen LogP contribution in [0.4, 0.5) is 0 Å². The minimum absolute atomic E-state index is 0.0369. The van der Waals surface area contributed by atoms with Crippen LogP contribution < -0.4 is 10.2 Å². The highest BCUT2D eigenvalue weighted by Gasteiger charge is 2.38. The molecule has 3 aromatic rings. The molecule has 1 aromatic heterocycles. The molecule has 0 aliphatic carbocycles. The number of aliphatic hydroxyl groups excluding tert-OH is 2. The van der Waals surface area contributed by atoms with Gasteiger partial charge in [-0.05, 0) is 31.2 Å². The van der Waals surface area contributed by atoms with Crippen molar-refractivity contribution in [2.45, 2.75) is 37.8 Å². The van der Waals surface area contributed by atoms with Gasteiger partial charge in [0.25, 0.3) is 0 Å². The average molecular weight is 414 g/mol. The number of hydrogen-bond acceptors (Lipinski definition) is 8. The van der Waals surface area contributed by atoms with Crippen LogP contribution in [0, 0.1) is 0 Å². The van der Waals surface area contributed by atoms with Crippen molar-refractivity contribution in [3.05, 3.63) is 52.2 Å². The summed E-state index contributed by atoms with van der Waals surface area (Å²) in [6.07, 6.45) is -3.45. The van der Waals surface area contributed by atoms with Gasteiger partial charge in [-0.25, -0.2) is 0 Å². The molecule has 8 nitrogen and oxygen atoms in total. The Bertz CT molecular complexity index is 1120. The number of aromatic hydroxyl groups is 2. The maximum atomic E-state index is 12.8. The Balaban J connectivity index is 1.97. The normalized spacial score (nSPS) is 24.1. The molecule has 4 N–H and O–H groups in total. The van der Waals surface area contributed by atoms with E-state index >= 15 is 0 Å². The molecule has 30 heavy (non-hydrogen) atoms. The van der Waals surface area contributed by atoms with Crippen molar-refractivity contribution in [2.75, 3.05) is 7.11 Å². The van der Waals surface area contributed by atoms with Crippen LogP contribution in [0.2, 0.25) is 0 Å². The molecule has 0 spiro atoms. The van der Waals surface area contributed by atoms with Crippen LogP contribution in [0.3, 0.4) is 0 Å². The lowest BCUT2D eigenvalue weighted by Crippen LogP contribution is -2.44. The van der Waals surface area contributed by atoms with Gasteiger partial charge in [-0.1, -0.05) is 0 Å². The van der Waals surface area contributed by atoms with Crippen molar-refractivity contribution in [3.63, 3.8) is 0 Å². The van der Waals surface area contributed by atoms with Gasteiger partial charge >= 0.3 is 0 Å². The predicted octanol–water partition coefficient (Wildman–Crippen LogP) is 2.45. The van der Waals surface area contributed by atoms with E-state index in [1.807, 2.05) is 0 Å². The van der Waals surface area contributed by atoms with Gasteiger partial charge in [-0.3, -0.25) is 4.79 Å². The molecule has 1 aliphatic heterocycles. The summed E-state index contributed by atoms with van der Waals surface area (Å²) in [4.78, 5) is 12.8. The fourth-order valence-electron chi connectivity index (χ4n) is 3.81. The van der Waals surface area contributed by atoms with Crippen molar-refractivity contribution >= 4 is 11.0 Å². The van der Waals surface area contributed by atoms with Crippen LogP contribution in [0.25, 0.3) is 22.3 Å². The Morgan fingerprint density at radius 1 is 1.10 bits per heavy atom. The van der Waals surface area contributed by atoms with Crippen LogP contribution in [0.5, 0.6) is 17.2 Å². The van der Waals surface area contributed by atoms with Crippen LogP contribution >= 0.6 is 0 Å². The zero-order chi connectivity index (χ0) is 21.6. The number of fused-ring (bicyclic) bond motifs is 1. The van der Waals surface area contributed by atoms with Gasteiger partial charge in [0.1, 0.15) is 34.5 Å². The van der Waals surface area contributed by atoms with Gasteiger partial charge in [-0.15, -0.1) is 0 Å². The molecular weight excluding hydrogens is 392 g/mol. The molecule has 1 saturated heterocycles. The summed E-state index contributed by atoms with van der Waals surface area (Å²) in [5, 5.41) is 40.2. The lowest BCUT2D eigenvalue weighted by Gasteiger charge is -2.36. The standard InChI is InChI=1S/C22H22O8/c1-10-21(27)15(26)9-18(29-10)20-17(28-2)8-14(25)19-13(24)7-16(30-22(19)20)11-3-5-12(23)6-4-11/h3-8,10,15,18,21,23,25-27H,9H2,1-2H3/t10-,15-,18-,21+/m1/s1. The summed E-state index contributed by atoms with van der Waals surface area (Å²) < 4.78 is 17.3. The van der Waals surface area contributed by atoms with Crippen molar-refractivity contribution in [3.8, 4) is 28.6 Å². The molecule has 0 amide bonds. The van der Waals surface area contributed by atoms with E-state index in [0.29, 0.717) is 11.1 Å². The van der Waals surface area contributed by atoms with E-state index < -0.39 is 29.8 Å². The summed E-state index contributed by atoms with van der Waals surface area (Å²) in [6, 6.07) is 8.69. The zero-order valence-electron chi connectivity index (χ0n) is 16.4. The molecule has 0 saturated carbocycles. The summed E-state index contributed by atoms with van der Waals surface area (Å²) in [6.45, 7) is 1.63. The monoisotopic (exact) mass is 414 g/mol. The van der Waals surface area contributed by atoms with Crippen molar-refractivity contribution in [1.82, 2.24) is 0 Å². The molecule has 2 heterocycles. The molecule has 8 heteroatoms. The maximum absolute atomic E-state index is 12.8. The van der Waals surface area contributed by atoms with E-state index in [9.17, 15) is 25.2 Å². The first-order chi connectivity index (χ1) is 14.3. The van der Waals surface area contributed by atoms with Crippen molar-refractivity contribution < 1.29 is 34.3 Å². The molecule has 1 aliphatic rings. The lowest BCUT2D eigenvalue weighted by atomic mass is 9.92. The Morgan fingerprint density at radius 2 is 1.80 bits per heavy atom. The number of aliphatic hydroxyl groups is 2. The molecule has 2 aromatic carbocycles. The minimum Gasteiger partial charge on any atom is -0.508 e. The molecular formula is C22H22O8. The minimum atomic E-state index is -1.05. The highest BCUT2D eigenvalue weighted by molar-refractivity contribution is 5.89. The summed E-state index contributed by atoms with van der Waals surface area (Å²) >= 11 is 0. The van der Waals surface area contributed by atoms with E-state index in [-0.39, 0.29) is 40.4 Å². The first-order valence-corrected chi connectivity index (χ1v) is 9.49. The number of benzene rings is 2. The van der Waals surface area contributed by atoms with Crippen LogP contribution in [0.1, 0.15) is 25.0 Å². The number of ether oxygens (including phenoxy) is 2. The number of methoxy groups -OCH3 is 1. The van der Waals surface area contributed by atoms with E-state index in [2.05, 4.69) is 0 Å². The third-order valence-corrected chi connectivity index (χ3v) is 5.39. The molecule has 0 bridgehead atoms. The molecule has 0 unspecified atom stereocenters. The average Bonchev–Trinajstić information content (AvgIpc) is 2.71. The summed E-state index contributed by atoms with van der Waals surface area (Å²) in [7, 11) is 1.41. The molecule has 158 valence electrons. The molecule has 0 radical (unpaired) electrons. The lowest BCUT2D eigenvalue weighted by molar-refractivity contribution is -0.163. The quantitative estimate of drug-likeness (QED) is 0.514.